The fourth-order valence-electron chi connectivity index (χ4n) is 4.22. The molecule has 2 amide bonds. The minimum Gasteiger partial charge on any atom is -0.489 e. The van der Waals surface area contributed by atoms with Crippen LogP contribution < -0.4 is 35.7 Å². The van der Waals surface area contributed by atoms with Crippen LogP contribution in [0.3, 0.4) is 0 Å². The molecule has 0 radical (unpaired) electrons. The lowest BCUT2D eigenvalue weighted by Crippen LogP contribution is -2.51. The van der Waals surface area contributed by atoms with Gasteiger partial charge in [0.1, 0.15) is 36.3 Å². The van der Waals surface area contributed by atoms with Crippen LogP contribution in [0, 0.1) is 5.82 Å². The molecular weight excluding hydrogens is 628 g/mol. The van der Waals surface area contributed by atoms with Crippen LogP contribution in [0.4, 0.5) is 49.9 Å². The molecule has 0 atom stereocenters. The molecule has 0 heterocycles. The summed E-state index contributed by atoms with van der Waals surface area (Å²) in [6.07, 6.45) is -7.19. The molecule has 4 rings (SSSR count). The van der Waals surface area contributed by atoms with E-state index in [0.717, 1.165) is 6.07 Å². The quantitative estimate of drug-likeness (QED) is 0.0846. The van der Waals surface area contributed by atoms with E-state index in [0.29, 0.717) is 22.0 Å². The number of anilines is 4. The second-order valence-electron chi connectivity index (χ2n) is 9.82. The van der Waals surface area contributed by atoms with Crippen LogP contribution >= 0.6 is 0 Å². The summed E-state index contributed by atoms with van der Waals surface area (Å²) in [6.45, 7) is 1.45. The van der Waals surface area contributed by atoms with Crippen molar-refractivity contribution in [1.29, 1.82) is 0 Å². The Morgan fingerprint density at radius 3 is 1.94 bits per heavy atom. The summed E-state index contributed by atoms with van der Waals surface area (Å²) in [6, 6.07) is 19.0. The molecule has 47 heavy (non-hydrogen) atoms. The normalized spacial score (nSPS) is 11.0. The van der Waals surface area contributed by atoms with Crippen LogP contribution in [-0.2, 0) is 18.0 Å². The lowest BCUT2D eigenvalue weighted by atomic mass is 10.2. The molecule has 15 heteroatoms. The van der Waals surface area contributed by atoms with Crippen molar-refractivity contribution in [1.82, 2.24) is 0 Å². The van der Waals surface area contributed by atoms with Crippen LogP contribution in [-0.4, -0.2) is 30.3 Å². The van der Waals surface area contributed by atoms with Gasteiger partial charge in [-0.05, 0) is 54.4 Å². The Morgan fingerprint density at radius 1 is 0.809 bits per heavy atom. The Balaban J connectivity index is 1.60. The first-order valence-electron chi connectivity index (χ1n) is 14.0. The molecule has 0 spiro atoms. The molecule has 4 aromatic rings. The van der Waals surface area contributed by atoms with E-state index < -0.39 is 30.1 Å². The molecule has 0 bridgehead atoms. The number of nitrogen functional groups attached to an aromatic ring is 2. The zero-order valence-corrected chi connectivity index (χ0v) is 24.9. The third kappa shape index (κ3) is 9.09. The molecule has 4 aromatic carbocycles. The fourth-order valence-corrected chi connectivity index (χ4v) is 4.22. The summed E-state index contributed by atoms with van der Waals surface area (Å²) in [5.74, 6) is -0.487. The van der Waals surface area contributed by atoms with Crippen LogP contribution in [0.1, 0.15) is 24.5 Å². The topological polar surface area (TPSA) is 150 Å². The number of carbonyl (C=O) groups is 2. The smallest absolute Gasteiger partial charge is 0.489 e. The van der Waals surface area contributed by atoms with Crippen molar-refractivity contribution in [3.63, 3.8) is 0 Å². The monoisotopic (exact) mass is 658 g/mol. The highest BCUT2D eigenvalue weighted by Gasteiger charge is 2.34. The predicted octanol–water partition coefficient (Wildman–Crippen LogP) is 7.50. The number of rotatable bonds is 11. The number of carbonyl (C=O) groups excluding carboxylic acids is 1. The molecule has 0 aromatic heterocycles. The van der Waals surface area contributed by atoms with Crippen molar-refractivity contribution in [2.45, 2.75) is 32.9 Å². The molecule has 5 N–H and O–H groups in total. The van der Waals surface area contributed by atoms with E-state index in [2.05, 4.69) is 4.74 Å². The number of ether oxygens (including phenoxy) is 4. The van der Waals surface area contributed by atoms with Crippen LogP contribution in [0.15, 0.2) is 84.9 Å². The maximum atomic E-state index is 13.3. The largest absolute Gasteiger partial charge is 0.573 e. The first kappa shape index (κ1) is 34.0. The highest BCUT2D eigenvalue weighted by atomic mass is 19.4. The van der Waals surface area contributed by atoms with Crippen molar-refractivity contribution in [2.75, 3.05) is 28.1 Å². The number of hydrogen-bond acceptors (Lipinski definition) is 8. The van der Waals surface area contributed by atoms with Crippen molar-refractivity contribution < 1.29 is 51.2 Å². The molecule has 0 aliphatic rings. The lowest BCUT2D eigenvalue weighted by Gasteiger charge is -2.33. The number of alkyl halides is 3. The summed E-state index contributed by atoms with van der Waals surface area (Å²) in [5, 5.41) is 11.5. The molecule has 0 aliphatic carbocycles. The minimum atomic E-state index is -4.91. The molecule has 0 saturated heterocycles. The minimum absolute atomic E-state index is 0.0383. The van der Waals surface area contributed by atoms with E-state index in [1.807, 2.05) is 0 Å². The average Bonchev–Trinajstić information content (AvgIpc) is 3.02. The van der Waals surface area contributed by atoms with Gasteiger partial charge in [-0.1, -0.05) is 37.3 Å². The molecule has 0 fully saturated rings. The molecular formula is C32H30F4N4O7. The third-order valence-electron chi connectivity index (χ3n) is 6.35. The Kier molecular flexibility index (Phi) is 10.8. The van der Waals surface area contributed by atoms with Gasteiger partial charge in [-0.25, -0.2) is 14.0 Å². The first-order chi connectivity index (χ1) is 22.4. The van der Waals surface area contributed by atoms with Gasteiger partial charge in [-0.15, -0.1) is 13.2 Å². The van der Waals surface area contributed by atoms with Crippen molar-refractivity contribution in [3.8, 4) is 17.2 Å². The Bertz CT molecular complexity index is 1700. The lowest BCUT2D eigenvalue weighted by molar-refractivity contribution is -0.275. The van der Waals surface area contributed by atoms with E-state index in [4.69, 9.17) is 25.7 Å². The summed E-state index contributed by atoms with van der Waals surface area (Å²) in [4.78, 5) is 25.9. The van der Waals surface area contributed by atoms with Gasteiger partial charge in [-0.3, -0.25) is 0 Å². The number of nitrogens with zero attached hydrogens (tertiary/aromatic N) is 2. The van der Waals surface area contributed by atoms with E-state index in [1.54, 1.807) is 19.1 Å². The van der Waals surface area contributed by atoms with Gasteiger partial charge in [0, 0.05) is 17.7 Å². The average molecular weight is 659 g/mol. The number of hydrazine groups is 1. The Hall–Kier alpha value is -5.86. The van der Waals surface area contributed by atoms with E-state index in [1.165, 1.54) is 66.7 Å². The highest BCUT2D eigenvalue weighted by molar-refractivity contribution is 6.04. The first-order valence-corrected chi connectivity index (χ1v) is 14.0. The predicted molar refractivity (Wildman–Crippen MR) is 165 cm³/mol. The number of nitrogens with two attached hydrogens (primary N) is 2. The number of halogens is 4. The van der Waals surface area contributed by atoms with Crippen molar-refractivity contribution in [3.05, 3.63) is 102 Å². The third-order valence-corrected chi connectivity index (χ3v) is 6.35. The summed E-state index contributed by atoms with van der Waals surface area (Å²) < 4.78 is 72.2. The zero-order chi connectivity index (χ0) is 34.1. The Labute approximate surface area is 266 Å². The molecule has 0 saturated carbocycles. The van der Waals surface area contributed by atoms with Crippen molar-refractivity contribution >= 4 is 34.9 Å². The van der Waals surface area contributed by atoms with Gasteiger partial charge >= 0.3 is 18.5 Å². The van der Waals surface area contributed by atoms with Gasteiger partial charge in [-0.2, -0.15) is 10.0 Å². The number of amides is 2. The second-order valence-corrected chi connectivity index (χ2v) is 9.82. The van der Waals surface area contributed by atoms with Gasteiger partial charge in [0.25, 0.3) is 0 Å². The van der Waals surface area contributed by atoms with Gasteiger partial charge < -0.3 is 35.5 Å². The van der Waals surface area contributed by atoms with Crippen LogP contribution in [0.25, 0.3) is 0 Å². The maximum Gasteiger partial charge on any atom is 0.573 e. The summed E-state index contributed by atoms with van der Waals surface area (Å²) in [7, 11) is 0. The summed E-state index contributed by atoms with van der Waals surface area (Å²) >= 11 is 0. The number of carboxylic acid groups (broad SMARTS) is 1. The van der Waals surface area contributed by atoms with E-state index in [-0.39, 0.29) is 59.6 Å². The number of para-hydroxylation sites is 1. The van der Waals surface area contributed by atoms with E-state index >= 15 is 0 Å². The maximum absolute atomic E-state index is 13.3. The number of hydrogen-bond donors (Lipinski definition) is 3. The molecule has 0 aliphatic heterocycles. The molecule has 248 valence electrons. The van der Waals surface area contributed by atoms with Gasteiger partial charge in [0.05, 0.1) is 29.4 Å². The zero-order valence-electron chi connectivity index (χ0n) is 24.9. The number of benzene rings is 4. The van der Waals surface area contributed by atoms with Crippen LogP contribution in [0.5, 0.6) is 17.2 Å². The molecule has 0 unspecified atom stereocenters. The second kappa shape index (κ2) is 14.9. The van der Waals surface area contributed by atoms with Gasteiger partial charge in [0.15, 0.2) is 0 Å². The van der Waals surface area contributed by atoms with Gasteiger partial charge in [0.2, 0.25) is 0 Å². The van der Waals surface area contributed by atoms with Crippen LogP contribution in [0.2, 0.25) is 0 Å². The fraction of sp³-hybridized carbons (Fsp3) is 0.188. The SMILES string of the molecule is CCCOC(=O)N(c1ccc(OCc2ccc(F)cc2)cc1N)N(C(=O)O)c1ccc(OCc2ccccc2OC(F)(F)F)cc1N. The Morgan fingerprint density at radius 2 is 1.38 bits per heavy atom. The molecule has 11 nitrogen and oxygen atoms in total. The standard InChI is InChI=1S/C32H30F4N4O7/c1-2-15-44-31(43)40(28-14-12-23(16-26(28)38)45-18-20-7-9-22(33)10-8-20)39(30(41)42)27-13-11-24(17-25(27)37)46-19-21-5-3-4-6-29(21)47-32(34,35)36/h3-14,16-17H,2,15,18-19,37-38H2,1H3,(H,41,42). The van der Waals surface area contributed by atoms with E-state index in [9.17, 15) is 32.3 Å². The highest BCUT2D eigenvalue weighted by Crippen LogP contribution is 2.36. The summed E-state index contributed by atoms with van der Waals surface area (Å²) in [5.41, 5.74) is 12.8. The van der Waals surface area contributed by atoms with Crippen molar-refractivity contribution in [2.24, 2.45) is 0 Å².